The fraction of sp³-hybridized carbons (Fsp3) is 0.405. The fourth-order valence-electron chi connectivity index (χ4n) is 17.2. The van der Waals surface area contributed by atoms with Gasteiger partial charge in [-0.3, -0.25) is 38.4 Å². The van der Waals surface area contributed by atoms with Crippen molar-refractivity contribution in [3.8, 4) is 43.9 Å². The summed E-state index contributed by atoms with van der Waals surface area (Å²) in [6, 6.07) is 65.1. The van der Waals surface area contributed by atoms with E-state index in [1.54, 1.807) is 46.9 Å². The molecule has 22 nitrogen and oxygen atoms in total. The summed E-state index contributed by atoms with van der Waals surface area (Å²) in [5.41, 5.74) is 25.4. The lowest BCUT2D eigenvalue weighted by Gasteiger charge is -2.35. The third kappa shape index (κ3) is 31.8. The highest BCUT2D eigenvalue weighted by Crippen LogP contribution is 2.41. The number of aromatic nitrogens is 2. The number of amides is 4. The molecule has 8 aromatic carbocycles. The summed E-state index contributed by atoms with van der Waals surface area (Å²) in [6.07, 6.45) is 9.33. The minimum atomic E-state index is -0.884. The van der Waals surface area contributed by atoms with E-state index in [1.807, 2.05) is 188 Å². The van der Waals surface area contributed by atoms with Crippen molar-refractivity contribution in [2.75, 3.05) is 32.8 Å². The maximum absolute atomic E-state index is 14.0. The van der Waals surface area contributed by atoms with Crippen molar-refractivity contribution in [3.63, 3.8) is 0 Å². The van der Waals surface area contributed by atoms with E-state index < -0.39 is 53.1 Å². The Balaban J connectivity index is 0.000000234. The molecule has 0 saturated carbocycles. The molecule has 0 bridgehead atoms. The van der Waals surface area contributed by atoms with E-state index in [-0.39, 0.29) is 111 Å². The Morgan fingerprint density at radius 3 is 1.33 bits per heavy atom. The number of likely N-dealkylation sites (tertiary alicyclic amines) is 2. The van der Waals surface area contributed by atoms with Crippen molar-refractivity contribution >= 4 is 91.9 Å². The van der Waals surface area contributed by atoms with Gasteiger partial charge in [-0.25, -0.2) is 9.97 Å². The van der Waals surface area contributed by atoms with Crippen LogP contribution in [0.25, 0.3) is 43.2 Å². The van der Waals surface area contributed by atoms with Crippen molar-refractivity contribution in [2.45, 2.75) is 241 Å². The number of ketones is 3. The zero-order chi connectivity index (χ0) is 97.1. The zero-order valence-electron chi connectivity index (χ0n) is 79.8. The van der Waals surface area contributed by atoms with Crippen LogP contribution in [0.4, 0.5) is 0 Å². The average Bonchev–Trinajstić information content (AvgIpc) is 1.24. The first-order chi connectivity index (χ1) is 64.8. The van der Waals surface area contributed by atoms with Crippen LogP contribution in [0.5, 0.6) is 23.0 Å². The number of thiazole rings is 2. The number of phenolic OH excluding ortho intramolecular Hbond substituents is 2. The number of hydrogen-bond acceptors (Lipinski definition) is 19. The molecule has 0 aliphatic carbocycles. The molecule has 4 amide bonds. The van der Waals surface area contributed by atoms with Gasteiger partial charge in [0.2, 0.25) is 23.6 Å². The van der Waals surface area contributed by atoms with Gasteiger partial charge in [-0.1, -0.05) is 239 Å². The number of allylic oxidation sites excluding steroid dienone is 2. The van der Waals surface area contributed by atoms with E-state index in [2.05, 4.69) is 95.1 Å². The van der Waals surface area contributed by atoms with Gasteiger partial charge < -0.3 is 61.2 Å². The van der Waals surface area contributed by atoms with Crippen molar-refractivity contribution in [3.05, 3.63) is 273 Å². The number of benzene rings is 8. The lowest BCUT2D eigenvalue weighted by Crippen LogP contribution is -2.57. The first-order valence-electron chi connectivity index (χ1n) is 47.4. The van der Waals surface area contributed by atoms with Crippen LogP contribution >= 0.6 is 22.7 Å². The number of aliphatic hydroxyl groups excluding tert-OH is 2. The molecule has 716 valence electrons. The summed E-state index contributed by atoms with van der Waals surface area (Å²) in [5.74, 6) is -0.478. The number of phenols is 2. The van der Waals surface area contributed by atoms with Gasteiger partial charge in [0.05, 0.1) is 57.0 Å². The molecule has 0 radical (unpaired) electrons. The maximum Gasteiger partial charge on any atom is 0.303 e. The molecule has 4 heterocycles. The number of nitrogens with one attached hydrogen (secondary N) is 2. The zero-order valence-corrected chi connectivity index (χ0v) is 81.5. The minimum Gasteiger partial charge on any atom is -0.508 e. The number of carbonyl (C=O) groups is 8. The predicted molar refractivity (Wildman–Crippen MR) is 538 cm³/mol. The summed E-state index contributed by atoms with van der Waals surface area (Å²) in [6.45, 7) is 21.5. The van der Waals surface area contributed by atoms with Crippen molar-refractivity contribution in [2.24, 2.45) is 22.5 Å². The molecule has 10 aromatic rings. The Labute approximate surface area is 804 Å². The second-order valence-corrected chi connectivity index (χ2v) is 38.8. The number of hydrogen-bond donors (Lipinski definition) is 8. The Kier molecular flexibility index (Phi) is 40.6. The van der Waals surface area contributed by atoms with Gasteiger partial charge in [0.15, 0.2) is 5.78 Å². The van der Waals surface area contributed by atoms with Gasteiger partial charge in [-0.2, -0.15) is 0 Å². The number of nitrogens with zero attached hydrogens (tertiary/aromatic N) is 4. The molecule has 2 saturated heterocycles. The molecule has 2 aliphatic heterocycles. The van der Waals surface area contributed by atoms with Gasteiger partial charge in [0.1, 0.15) is 53.3 Å². The van der Waals surface area contributed by atoms with Gasteiger partial charge >= 0.3 is 5.97 Å². The Bertz CT molecular complexity index is 5550. The lowest BCUT2D eigenvalue weighted by molar-refractivity contribution is -0.146. The number of β-amino-alcohol motifs (C(OH)–C–C–N with tert-alkyl or cyclic N) is 2. The summed E-state index contributed by atoms with van der Waals surface area (Å²) in [7, 11) is 0. The quantitative estimate of drug-likeness (QED) is 0.0130. The molecule has 2 aromatic heterocycles. The topological polar surface area (TPSA) is 339 Å². The number of rotatable bonds is 44. The number of aromatic hydroxyl groups is 2. The first-order valence-corrected chi connectivity index (χ1v) is 49.2. The van der Waals surface area contributed by atoms with Crippen LogP contribution in [0, 0.1) is 30.6 Å². The largest absolute Gasteiger partial charge is 0.508 e. The second kappa shape index (κ2) is 52.1. The number of aliphatic carboxylic acids is 1. The molecular weight excluding hydrogens is 1740 g/mol. The number of ether oxygens (including phenoxy) is 2. The monoisotopic (exact) mass is 1870 g/mol. The summed E-state index contributed by atoms with van der Waals surface area (Å²) >= 11 is 3.17. The fourth-order valence-corrected chi connectivity index (χ4v) is 18.9. The van der Waals surface area contributed by atoms with Crippen molar-refractivity contribution < 1.29 is 73.4 Å². The van der Waals surface area contributed by atoms with Crippen LogP contribution in [0.1, 0.15) is 240 Å². The average molecular weight is 1870 g/mol. The normalized spacial score (nSPS) is 15.6. The molecule has 12 rings (SSSR count). The van der Waals surface area contributed by atoms with Gasteiger partial charge in [-0.15, -0.1) is 22.7 Å². The summed E-state index contributed by atoms with van der Waals surface area (Å²) in [5, 5.41) is 55.3. The molecule has 6 atom stereocenters. The molecule has 2 fully saturated rings. The van der Waals surface area contributed by atoms with Crippen LogP contribution < -0.4 is 25.8 Å². The molecule has 24 heteroatoms. The summed E-state index contributed by atoms with van der Waals surface area (Å²) in [4.78, 5) is 118. The minimum absolute atomic E-state index is 0.00361. The SMILES string of the molecule is CCC(=C(c1ccc(O)cc1)c1ccc(OCCCC(=O)CCCCCCC(=O)N[C@H](C(=O)N2C[C@H](O)C[C@H]2C(=O)NCc2ccc(-c3scnc3C)cc2)C(C)(C)C)cc1)c1ccccc1.CCC(=C(c1ccc(O)cc1)c1ccc(OCCN)cc1)c1ccccc1.Cc1ncsc1-c1ccc(CCC(=O)[C@@H]2C[C@@H](O)CN2C(=O)[C@@H](CC(=O)CCCCCCC(=O)O)C(C)(C)C)cc1. The highest BCUT2D eigenvalue weighted by Gasteiger charge is 2.46. The van der Waals surface area contributed by atoms with Gasteiger partial charge in [0.25, 0.3) is 0 Å². The van der Waals surface area contributed by atoms with Crippen LogP contribution in [0.2, 0.25) is 0 Å². The molecular formula is C111H135N7O15S2. The van der Waals surface area contributed by atoms with E-state index in [0.29, 0.717) is 71.1 Å². The molecule has 0 unspecified atom stereocenters. The molecule has 9 N–H and O–H groups in total. The number of aryl methyl sites for hydroxylation is 3. The second-order valence-electron chi connectivity index (χ2n) is 37.1. The number of nitrogens with two attached hydrogens (primary N) is 1. The number of carboxylic acids is 1. The third-order valence-corrected chi connectivity index (χ3v) is 26.6. The first kappa shape index (κ1) is 105. The maximum atomic E-state index is 14.0. The van der Waals surface area contributed by atoms with E-state index >= 15 is 0 Å². The van der Waals surface area contributed by atoms with Crippen molar-refractivity contribution in [1.29, 1.82) is 0 Å². The Morgan fingerprint density at radius 1 is 0.474 bits per heavy atom. The van der Waals surface area contributed by atoms with E-state index in [1.165, 1.54) is 26.5 Å². The lowest BCUT2D eigenvalue weighted by atomic mass is 9.76. The summed E-state index contributed by atoms with van der Waals surface area (Å²) < 4.78 is 11.6. The van der Waals surface area contributed by atoms with E-state index in [9.17, 15) is 58.8 Å². The number of Topliss-reactive ketones (excluding diaryl/α,β-unsaturated/α-hetero) is 3. The standard InChI is InChI=1S/C55H66N4O7S.C32H44N2O6S.C24H25NO2/c1-6-47(39-15-10-9-11-16-39)50(40-24-28-44(61)29-25-40)41-26-30-46(31-27-41)66-32-14-18-43(60)17-12-7-8-13-19-49(63)58-52(55(3,4)5)54(65)59-35-45(62)33-48(59)53(64)56-34-38-20-22-42(23-21-38)51-37(2)57-36-67-51;1-21-30(41-20-33-21)23-14-11-22(12-15-23)13-16-28(37)27-18-25(36)19-34(27)31(40)26(32(2,3)4)17-24(35)9-7-5-6-8-10-29(38)39;1-2-23(18-6-4-3-5-7-18)24(19-8-12-21(26)13-9-19)20-10-14-22(15-11-20)27-17-16-25/h9-11,15-16,20-31,36,45,48,52,61-62H,6-8,12-14,17-19,32-35H2,1-5H3,(H,56,64)(H,58,63);11-12,14-15,20,25-27,36H,5-10,13,16-19H2,1-4H3,(H,38,39);3-15,26H,2,16-17,25H2,1H3/t45-,48+,52-;25-,26-,27+;/m11./s1. The highest BCUT2D eigenvalue weighted by atomic mass is 32.1. The number of unbranched alkanes of at least 4 members (excludes halogenated alkanes) is 6. The highest BCUT2D eigenvalue weighted by molar-refractivity contribution is 7.13. The molecule has 135 heavy (non-hydrogen) atoms. The molecule has 2 aliphatic rings. The Hall–Kier alpha value is -12.1. The van der Waals surface area contributed by atoms with Gasteiger partial charge in [-0.05, 0) is 203 Å². The number of carbonyl (C=O) groups excluding carboxylic acids is 7. The van der Waals surface area contributed by atoms with Crippen molar-refractivity contribution in [1.82, 2.24) is 30.4 Å². The van der Waals surface area contributed by atoms with Crippen LogP contribution in [-0.4, -0.2) is 155 Å². The Morgan fingerprint density at radius 2 is 0.896 bits per heavy atom. The van der Waals surface area contributed by atoms with Gasteiger partial charge in [0, 0.05) is 89.9 Å². The predicted octanol–water partition coefficient (Wildman–Crippen LogP) is 20.8. The van der Waals surface area contributed by atoms with Crippen LogP contribution in [0.3, 0.4) is 0 Å². The molecule has 0 spiro atoms. The number of carboxylic acid groups (broad SMARTS) is 1. The smallest absolute Gasteiger partial charge is 0.303 e. The van der Waals surface area contributed by atoms with Crippen LogP contribution in [-0.2, 0) is 51.3 Å². The van der Waals surface area contributed by atoms with Crippen LogP contribution in [0.15, 0.2) is 217 Å². The number of aliphatic hydroxyl groups is 2. The third-order valence-electron chi connectivity index (χ3n) is 24.7. The van der Waals surface area contributed by atoms with E-state index in [4.69, 9.17) is 20.3 Å². The van der Waals surface area contributed by atoms with E-state index in [0.717, 1.165) is 139 Å².